The molecule has 1 saturated carbocycles. The molecule has 0 heterocycles. The van der Waals surface area contributed by atoms with Gasteiger partial charge in [-0.15, -0.1) is 0 Å². The molecular weight excluding hydrogens is 194 g/mol. The predicted molar refractivity (Wildman–Crippen MR) is 57.6 cm³/mol. The minimum absolute atomic E-state index is 0.151. The number of amides is 1. The molecule has 0 saturated heterocycles. The van der Waals surface area contributed by atoms with E-state index in [2.05, 4.69) is 5.32 Å². The van der Waals surface area contributed by atoms with Crippen LogP contribution in [0.15, 0.2) is 0 Å². The number of aliphatic hydroxyl groups is 1. The van der Waals surface area contributed by atoms with E-state index in [0.29, 0.717) is 12.8 Å². The third-order valence-electron chi connectivity index (χ3n) is 2.42. The smallest absolute Gasteiger partial charge is 0.407 e. The lowest BCUT2D eigenvalue weighted by Crippen LogP contribution is -2.42. The fraction of sp³-hybridized carbons (Fsp3) is 0.909. The lowest BCUT2D eigenvalue weighted by Gasteiger charge is -2.22. The van der Waals surface area contributed by atoms with Crippen LogP contribution in [0.3, 0.4) is 0 Å². The van der Waals surface area contributed by atoms with Crippen molar-refractivity contribution < 1.29 is 14.6 Å². The van der Waals surface area contributed by atoms with Gasteiger partial charge >= 0.3 is 6.09 Å². The summed E-state index contributed by atoms with van der Waals surface area (Å²) in [6.07, 6.45) is 1.42. The number of rotatable bonds is 1. The minimum Gasteiger partial charge on any atom is -0.446 e. The first-order valence-electron chi connectivity index (χ1n) is 5.39. The van der Waals surface area contributed by atoms with E-state index in [0.717, 1.165) is 6.42 Å². The summed E-state index contributed by atoms with van der Waals surface area (Å²) in [4.78, 5) is 11.4. The second kappa shape index (κ2) is 4.00. The Morgan fingerprint density at radius 3 is 2.53 bits per heavy atom. The van der Waals surface area contributed by atoms with Gasteiger partial charge in [-0.3, -0.25) is 0 Å². The van der Waals surface area contributed by atoms with Crippen LogP contribution >= 0.6 is 0 Å². The molecule has 2 atom stereocenters. The lowest BCUT2D eigenvalue weighted by molar-refractivity contribution is 0.0410. The van der Waals surface area contributed by atoms with Crippen LogP contribution in [0.2, 0.25) is 0 Å². The average Bonchev–Trinajstić information content (AvgIpc) is 2.25. The summed E-state index contributed by atoms with van der Waals surface area (Å²) in [6, 6.07) is 0. The maximum absolute atomic E-state index is 11.4. The molecule has 2 N–H and O–H groups in total. The quantitative estimate of drug-likeness (QED) is 0.701. The van der Waals surface area contributed by atoms with E-state index in [4.69, 9.17) is 4.74 Å². The van der Waals surface area contributed by atoms with E-state index in [1.165, 1.54) is 0 Å². The molecule has 88 valence electrons. The Morgan fingerprint density at radius 1 is 1.53 bits per heavy atom. The highest BCUT2D eigenvalue weighted by molar-refractivity contribution is 5.68. The third kappa shape index (κ3) is 4.51. The molecular formula is C11H21NO3. The highest BCUT2D eigenvalue weighted by Gasteiger charge is 2.35. The molecule has 0 spiro atoms. The van der Waals surface area contributed by atoms with Crippen LogP contribution in [0, 0.1) is 0 Å². The zero-order chi connectivity index (χ0) is 11.7. The fourth-order valence-corrected chi connectivity index (χ4v) is 1.75. The van der Waals surface area contributed by atoms with Crippen molar-refractivity contribution in [3.8, 4) is 0 Å². The second-order valence-corrected chi connectivity index (χ2v) is 5.64. The summed E-state index contributed by atoms with van der Waals surface area (Å²) < 4.78 is 5.21. The topological polar surface area (TPSA) is 58.6 Å². The number of carbonyl (C=O) groups is 1. The average molecular weight is 215 g/mol. The van der Waals surface area contributed by atoms with Gasteiger partial charge in [0.2, 0.25) is 0 Å². The second-order valence-electron chi connectivity index (χ2n) is 5.64. The summed E-state index contributed by atoms with van der Waals surface area (Å²) in [5, 5.41) is 12.4. The Balaban J connectivity index is 2.34. The number of nitrogens with one attached hydrogen (secondary N) is 1. The molecule has 1 aliphatic rings. The molecule has 1 aliphatic carbocycles. The zero-order valence-corrected chi connectivity index (χ0v) is 9.96. The van der Waals surface area contributed by atoms with Crippen LogP contribution < -0.4 is 5.32 Å². The van der Waals surface area contributed by atoms with E-state index in [-0.39, 0.29) is 11.6 Å². The summed E-state index contributed by atoms with van der Waals surface area (Å²) in [5.41, 5.74) is -0.953. The van der Waals surface area contributed by atoms with Crippen LogP contribution in [-0.2, 0) is 4.74 Å². The van der Waals surface area contributed by atoms with Crippen molar-refractivity contribution in [1.29, 1.82) is 0 Å². The van der Waals surface area contributed by atoms with Crippen molar-refractivity contribution in [1.82, 2.24) is 5.32 Å². The van der Waals surface area contributed by atoms with Gasteiger partial charge < -0.3 is 15.2 Å². The maximum atomic E-state index is 11.4. The van der Waals surface area contributed by atoms with E-state index in [9.17, 15) is 9.90 Å². The van der Waals surface area contributed by atoms with Crippen molar-refractivity contribution in [2.75, 3.05) is 0 Å². The molecule has 2 unspecified atom stereocenters. The van der Waals surface area contributed by atoms with Gasteiger partial charge in [0.1, 0.15) is 6.10 Å². The molecule has 1 amide bonds. The first-order valence-corrected chi connectivity index (χ1v) is 5.39. The highest BCUT2D eigenvalue weighted by Crippen LogP contribution is 2.31. The molecule has 0 aromatic heterocycles. The van der Waals surface area contributed by atoms with Crippen molar-refractivity contribution in [3.05, 3.63) is 0 Å². The molecule has 1 rings (SSSR count). The largest absolute Gasteiger partial charge is 0.446 e. The number of alkyl carbamates (subject to hydrolysis) is 1. The van der Waals surface area contributed by atoms with Gasteiger partial charge in [0.25, 0.3) is 0 Å². The fourth-order valence-electron chi connectivity index (χ4n) is 1.75. The van der Waals surface area contributed by atoms with Crippen molar-refractivity contribution in [2.45, 2.75) is 64.2 Å². The van der Waals surface area contributed by atoms with E-state index < -0.39 is 11.7 Å². The van der Waals surface area contributed by atoms with Crippen LogP contribution in [0.4, 0.5) is 4.79 Å². The zero-order valence-electron chi connectivity index (χ0n) is 9.96. The summed E-state index contributed by atoms with van der Waals surface area (Å²) in [6.45, 7) is 7.48. The first-order chi connectivity index (χ1) is 6.68. The maximum Gasteiger partial charge on any atom is 0.407 e. The van der Waals surface area contributed by atoms with Crippen LogP contribution in [0.25, 0.3) is 0 Å². The third-order valence-corrected chi connectivity index (χ3v) is 2.42. The van der Waals surface area contributed by atoms with Crippen LogP contribution in [-0.4, -0.2) is 28.4 Å². The monoisotopic (exact) mass is 215 g/mol. The van der Waals surface area contributed by atoms with Gasteiger partial charge in [0.15, 0.2) is 0 Å². The molecule has 0 aromatic carbocycles. The highest BCUT2D eigenvalue weighted by atomic mass is 16.6. The molecule has 4 nitrogen and oxygen atoms in total. The minimum atomic E-state index is -0.674. The Hall–Kier alpha value is -0.770. The molecule has 1 fully saturated rings. The Bertz CT molecular complexity index is 243. The van der Waals surface area contributed by atoms with Crippen molar-refractivity contribution in [2.24, 2.45) is 0 Å². The predicted octanol–water partition coefficient (Wildman–Crippen LogP) is 1.81. The summed E-state index contributed by atoms with van der Waals surface area (Å²) in [5.74, 6) is 0. The van der Waals surface area contributed by atoms with Crippen LogP contribution in [0.5, 0.6) is 0 Å². The SMILES string of the molecule is CC1(O)CCC(OC(=O)NC(C)(C)C)C1. The standard InChI is InChI=1S/C11H21NO3/c1-10(2,3)12-9(13)15-8-5-6-11(4,14)7-8/h8,14H,5-7H2,1-4H3,(H,12,13). The van der Waals surface area contributed by atoms with Gasteiger partial charge in [-0.1, -0.05) is 0 Å². The lowest BCUT2D eigenvalue weighted by atomic mass is 10.1. The number of ether oxygens (including phenoxy) is 1. The van der Waals surface area contributed by atoms with E-state index >= 15 is 0 Å². The van der Waals surface area contributed by atoms with Gasteiger partial charge in [-0.05, 0) is 40.5 Å². The Kier molecular flexibility index (Phi) is 3.28. The molecule has 0 aromatic rings. The van der Waals surface area contributed by atoms with Gasteiger partial charge in [0, 0.05) is 12.0 Å². The van der Waals surface area contributed by atoms with Gasteiger partial charge in [0.05, 0.1) is 5.60 Å². The molecule has 0 radical (unpaired) electrons. The number of carbonyl (C=O) groups excluding carboxylic acids is 1. The summed E-state index contributed by atoms with van der Waals surface area (Å²) in [7, 11) is 0. The first kappa shape index (κ1) is 12.3. The van der Waals surface area contributed by atoms with Gasteiger partial charge in [-0.2, -0.15) is 0 Å². The Morgan fingerprint density at radius 2 is 2.13 bits per heavy atom. The summed E-state index contributed by atoms with van der Waals surface area (Å²) >= 11 is 0. The number of hydrogen-bond donors (Lipinski definition) is 2. The van der Waals surface area contributed by atoms with Crippen molar-refractivity contribution >= 4 is 6.09 Å². The molecule has 0 aliphatic heterocycles. The van der Waals surface area contributed by atoms with E-state index in [1.54, 1.807) is 6.92 Å². The molecule has 15 heavy (non-hydrogen) atoms. The normalized spacial score (nSPS) is 31.4. The van der Waals surface area contributed by atoms with E-state index in [1.807, 2.05) is 20.8 Å². The number of hydrogen-bond acceptors (Lipinski definition) is 3. The van der Waals surface area contributed by atoms with Gasteiger partial charge in [-0.25, -0.2) is 4.79 Å². The van der Waals surface area contributed by atoms with Crippen molar-refractivity contribution in [3.63, 3.8) is 0 Å². The van der Waals surface area contributed by atoms with Crippen LogP contribution in [0.1, 0.15) is 47.0 Å². The molecule has 4 heteroatoms. The molecule has 0 bridgehead atoms. The Labute approximate surface area is 91.0 Å².